The zero-order valence-electron chi connectivity index (χ0n) is 24.9. The lowest BCUT2D eigenvalue weighted by Gasteiger charge is -2.36. The minimum absolute atomic E-state index is 0.0315. The number of rotatable bonds is 11. The Morgan fingerprint density at radius 3 is 2.00 bits per heavy atom. The normalized spacial score (nSPS) is 17.2. The second-order valence-electron chi connectivity index (χ2n) is 11.6. The highest BCUT2D eigenvalue weighted by molar-refractivity contribution is 6.74. The fourth-order valence-electron chi connectivity index (χ4n) is 4.12. The van der Waals surface area contributed by atoms with Gasteiger partial charge < -0.3 is 23.4 Å². The molecule has 0 spiro atoms. The van der Waals surface area contributed by atoms with Crippen LogP contribution in [0.15, 0.2) is 82.2 Å². The minimum Gasteiger partial charge on any atom is -0.497 e. The molecule has 2 heterocycles. The fraction of sp³-hybridized carbons (Fsp3) is 0.419. The van der Waals surface area contributed by atoms with E-state index in [-0.39, 0.29) is 18.2 Å². The van der Waals surface area contributed by atoms with Crippen LogP contribution >= 0.6 is 0 Å². The summed E-state index contributed by atoms with van der Waals surface area (Å²) in [6.07, 6.45) is 1.95. The Hall–Kier alpha value is -3.60. The van der Waals surface area contributed by atoms with Crippen LogP contribution in [0, 0.1) is 0 Å². The molecule has 41 heavy (non-hydrogen) atoms. The number of hydrogen-bond donors (Lipinski definition) is 0. The first-order chi connectivity index (χ1) is 19.4. The van der Waals surface area contributed by atoms with Crippen molar-refractivity contribution >= 4 is 8.32 Å². The summed E-state index contributed by atoms with van der Waals surface area (Å²) in [5.74, 6) is 2.05. The minimum atomic E-state index is -2.05. The average molecular weight is 581 g/mol. The van der Waals surface area contributed by atoms with Gasteiger partial charge in [-0.2, -0.15) is 0 Å². The van der Waals surface area contributed by atoms with Crippen LogP contribution in [0.5, 0.6) is 11.5 Å². The van der Waals surface area contributed by atoms with Gasteiger partial charge in [0.2, 0.25) is 6.23 Å². The topological polar surface area (TPSA) is 90.2 Å². The first kappa shape index (κ1) is 30.4. The van der Waals surface area contributed by atoms with Gasteiger partial charge in [-0.05, 0) is 59.6 Å². The Balaban J connectivity index is 1.60. The third kappa shape index (κ3) is 7.19. The largest absolute Gasteiger partial charge is 0.497 e. The molecular formula is C31H40N2O7Si. The highest BCUT2D eigenvalue weighted by atomic mass is 28.4. The summed E-state index contributed by atoms with van der Waals surface area (Å²) < 4.78 is 32.0. The van der Waals surface area contributed by atoms with Crippen LogP contribution in [-0.2, 0) is 27.1 Å². The van der Waals surface area contributed by atoms with Crippen molar-refractivity contribution in [3.63, 3.8) is 0 Å². The molecule has 9 nitrogen and oxygen atoms in total. The molecule has 3 aromatic rings. The number of methoxy groups -OCH3 is 2. The van der Waals surface area contributed by atoms with Gasteiger partial charge >= 0.3 is 5.69 Å². The summed E-state index contributed by atoms with van der Waals surface area (Å²) in [5.41, 5.74) is 0.853. The van der Waals surface area contributed by atoms with Crippen LogP contribution in [0.1, 0.15) is 38.1 Å². The summed E-state index contributed by atoms with van der Waals surface area (Å²) in [7, 11) is 1.16. The Bertz CT molecular complexity index is 1470. The average Bonchev–Trinajstić information content (AvgIpc) is 3.36. The molecule has 4 rings (SSSR count). The number of nitrogens with zero attached hydrogens (tertiary/aromatic N) is 2. The molecule has 0 amide bonds. The summed E-state index contributed by atoms with van der Waals surface area (Å²) >= 11 is 0. The Morgan fingerprint density at radius 1 is 0.854 bits per heavy atom. The van der Waals surface area contributed by atoms with Crippen molar-refractivity contribution < 1.29 is 23.4 Å². The molecule has 1 aliphatic heterocycles. The molecule has 0 unspecified atom stereocenters. The second kappa shape index (κ2) is 12.5. The van der Waals surface area contributed by atoms with Gasteiger partial charge in [-0.15, -0.1) is 0 Å². The van der Waals surface area contributed by atoms with Gasteiger partial charge in [0.1, 0.15) is 23.4 Å². The number of aromatic nitrogens is 2. The highest BCUT2D eigenvalue weighted by Gasteiger charge is 2.39. The summed E-state index contributed by atoms with van der Waals surface area (Å²) in [6, 6.07) is 16.2. The van der Waals surface area contributed by atoms with E-state index in [9.17, 15) is 9.59 Å². The van der Waals surface area contributed by atoms with Crippen molar-refractivity contribution in [2.24, 2.45) is 0 Å². The van der Waals surface area contributed by atoms with E-state index in [2.05, 4.69) is 33.9 Å². The van der Waals surface area contributed by atoms with E-state index in [4.69, 9.17) is 23.4 Å². The monoisotopic (exact) mass is 580 g/mol. The lowest BCUT2D eigenvalue weighted by atomic mass is 10.2. The van der Waals surface area contributed by atoms with Crippen LogP contribution in [0.4, 0.5) is 0 Å². The summed E-state index contributed by atoms with van der Waals surface area (Å²) in [6.45, 7) is 11.6. The van der Waals surface area contributed by atoms with Crippen LogP contribution in [0.25, 0.3) is 0 Å². The highest BCUT2D eigenvalue weighted by Crippen LogP contribution is 2.38. The quantitative estimate of drug-likeness (QED) is 0.292. The molecule has 2 aromatic carbocycles. The molecule has 0 saturated heterocycles. The summed E-state index contributed by atoms with van der Waals surface area (Å²) in [5, 5.41) is 0.0315. The zero-order valence-corrected chi connectivity index (χ0v) is 25.9. The van der Waals surface area contributed by atoms with Gasteiger partial charge in [0.25, 0.3) is 5.56 Å². The SMILES string of the molecule is COc1ccc(CO[C@@H]2C=C(CO[Si](C)(C)C(C)(C)C)O[C@H]2n2ccc(=O)n(Cc3ccc(OC)cc3)c2=O)cc1. The van der Waals surface area contributed by atoms with Gasteiger partial charge in [0, 0.05) is 12.3 Å². The van der Waals surface area contributed by atoms with E-state index in [1.165, 1.54) is 21.4 Å². The van der Waals surface area contributed by atoms with Crippen molar-refractivity contribution in [1.82, 2.24) is 9.13 Å². The van der Waals surface area contributed by atoms with Gasteiger partial charge in [0.15, 0.2) is 8.32 Å². The van der Waals surface area contributed by atoms with Crippen LogP contribution < -0.4 is 20.7 Å². The van der Waals surface area contributed by atoms with E-state index in [1.54, 1.807) is 26.4 Å². The standard InChI is InChI=1S/C31H40N2O7Si/c1-31(2,3)41(6,7)39-21-26-18-27(38-20-23-10-14-25(37-5)15-11-23)29(40-26)32-17-16-28(34)33(30(32)35)19-22-8-12-24(36-4)13-9-22/h8-18,27,29H,19-21H2,1-7H3/t27-,29-/m1/s1. The molecule has 2 atom stereocenters. The smallest absolute Gasteiger partial charge is 0.334 e. The molecule has 0 fully saturated rings. The van der Waals surface area contributed by atoms with Crippen LogP contribution in [-0.4, -0.2) is 44.4 Å². The predicted octanol–water partition coefficient (Wildman–Crippen LogP) is 5.10. The second-order valence-corrected chi connectivity index (χ2v) is 16.4. The van der Waals surface area contributed by atoms with Gasteiger partial charge in [-0.25, -0.2) is 4.79 Å². The molecular weight excluding hydrogens is 540 g/mol. The number of ether oxygens (including phenoxy) is 4. The Kier molecular flexibility index (Phi) is 9.26. The Morgan fingerprint density at radius 2 is 1.44 bits per heavy atom. The van der Waals surface area contributed by atoms with E-state index in [0.717, 1.165) is 16.9 Å². The van der Waals surface area contributed by atoms with Crippen molar-refractivity contribution in [1.29, 1.82) is 0 Å². The van der Waals surface area contributed by atoms with Gasteiger partial charge in [-0.3, -0.25) is 13.9 Å². The first-order valence-corrected chi connectivity index (χ1v) is 16.5. The predicted molar refractivity (Wildman–Crippen MR) is 160 cm³/mol. The molecule has 1 aliphatic rings. The fourth-order valence-corrected chi connectivity index (χ4v) is 5.06. The molecule has 0 bridgehead atoms. The lowest BCUT2D eigenvalue weighted by Crippen LogP contribution is -2.43. The van der Waals surface area contributed by atoms with E-state index in [1.807, 2.05) is 42.5 Å². The third-order valence-electron chi connectivity index (χ3n) is 7.76. The van der Waals surface area contributed by atoms with Crippen molar-refractivity contribution in [3.8, 4) is 11.5 Å². The molecule has 0 radical (unpaired) electrons. The lowest BCUT2D eigenvalue weighted by molar-refractivity contribution is -0.0527. The Labute approximate surface area is 242 Å². The number of hydrogen-bond acceptors (Lipinski definition) is 7. The summed E-state index contributed by atoms with van der Waals surface area (Å²) in [4.78, 5) is 26.4. The van der Waals surface area contributed by atoms with Gasteiger partial charge in [-0.1, -0.05) is 45.0 Å². The van der Waals surface area contributed by atoms with Crippen molar-refractivity contribution in [2.75, 3.05) is 20.8 Å². The maximum atomic E-state index is 13.7. The molecule has 0 N–H and O–H groups in total. The van der Waals surface area contributed by atoms with Crippen molar-refractivity contribution in [2.45, 2.75) is 64.4 Å². The third-order valence-corrected chi connectivity index (χ3v) is 12.2. The van der Waals surface area contributed by atoms with Crippen LogP contribution in [0.2, 0.25) is 18.1 Å². The molecule has 0 saturated carbocycles. The zero-order chi connectivity index (χ0) is 29.8. The molecule has 0 aliphatic carbocycles. The van der Waals surface area contributed by atoms with Gasteiger partial charge in [0.05, 0.1) is 34.0 Å². The van der Waals surface area contributed by atoms with Crippen LogP contribution in [0.3, 0.4) is 0 Å². The van der Waals surface area contributed by atoms with E-state index in [0.29, 0.717) is 18.1 Å². The maximum Gasteiger partial charge on any atom is 0.334 e. The molecule has 220 valence electrons. The first-order valence-electron chi connectivity index (χ1n) is 13.6. The molecule has 1 aromatic heterocycles. The van der Waals surface area contributed by atoms with E-state index < -0.39 is 31.9 Å². The molecule has 10 heteroatoms. The number of benzene rings is 2. The van der Waals surface area contributed by atoms with E-state index >= 15 is 0 Å². The van der Waals surface area contributed by atoms with Crippen molar-refractivity contribution in [3.05, 3.63) is 105 Å². The maximum absolute atomic E-state index is 13.7.